The van der Waals surface area contributed by atoms with E-state index in [1.54, 1.807) is 0 Å². The zero-order valence-electron chi connectivity index (χ0n) is 20.5. The molecule has 39 heavy (non-hydrogen) atoms. The minimum atomic E-state index is -5.21. The number of hydrogen-bond acceptors (Lipinski definition) is 12. The van der Waals surface area contributed by atoms with Crippen LogP contribution in [0.15, 0.2) is 64.4 Å². The number of carbonyl (C=O) groups is 2. The van der Waals surface area contributed by atoms with Crippen molar-refractivity contribution in [3.05, 3.63) is 76.9 Å². The number of ketones is 2. The van der Waals surface area contributed by atoms with Gasteiger partial charge in [0.25, 0.3) is 0 Å². The molecule has 0 saturated carbocycles. The Morgan fingerprint density at radius 3 is 1.85 bits per heavy atom. The van der Waals surface area contributed by atoms with E-state index in [0.29, 0.717) is 0 Å². The van der Waals surface area contributed by atoms with Gasteiger partial charge in [-0.05, 0) is 24.3 Å². The van der Waals surface area contributed by atoms with Crippen molar-refractivity contribution in [2.45, 2.75) is 9.79 Å². The minimum Gasteiger partial charge on any atom is -0.748 e. The second-order valence-corrected chi connectivity index (χ2v) is 13.0. The number of nitrogens with one attached hydrogen (secondary N) is 1. The molecule has 4 rings (SSSR count). The van der Waals surface area contributed by atoms with Crippen LogP contribution in [0.4, 0.5) is 17.1 Å². The van der Waals surface area contributed by atoms with Crippen LogP contribution >= 0.6 is 0 Å². The van der Waals surface area contributed by atoms with Gasteiger partial charge in [0.15, 0.2) is 21.4 Å². The SMILES string of the molecule is Nc1c(S(=O)(=O)[O-])cc(Nc2cccc(S(=O)(=O)CCS(=O)(=O)[O-])c2)c2c1C(=O)c1ccccc1C2=O.[Na+].[Na+]. The Balaban J connectivity index is 0.00000267. The van der Waals surface area contributed by atoms with E-state index in [1.807, 2.05) is 0 Å². The van der Waals surface area contributed by atoms with Gasteiger partial charge >= 0.3 is 59.1 Å². The Labute approximate surface area is 268 Å². The van der Waals surface area contributed by atoms with Crippen LogP contribution in [0.3, 0.4) is 0 Å². The summed E-state index contributed by atoms with van der Waals surface area (Å²) < 4.78 is 93.3. The summed E-state index contributed by atoms with van der Waals surface area (Å²) in [6, 6.07) is 11.3. The Kier molecular flexibility index (Phi) is 10.4. The molecule has 0 spiro atoms. The number of anilines is 3. The number of nitrogens with two attached hydrogens (primary N) is 1. The topological polar surface area (TPSA) is 221 Å². The minimum absolute atomic E-state index is 0. The van der Waals surface area contributed by atoms with Crippen molar-refractivity contribution >= 4 is 58.7 Å². The summed E-state index contributed by atoms with van der Waals surface area (Å²) in [6.07, 6.45) is 0. The standard InChI is InChI=1S/C22H18N2O10S3.2Na/c23-20-17(37(32,33)34)11-16(18-19(20)22(26)15-7-2-1-6-14(15)21(18)25)24-12-4-3-5-13(10-12)35(27,28)8-9-36(29,30)31;;/h1-7,10-11,24H,8-9,23H2,(H,29,30,31)(H,32,33,34);;/q;2*+1/p-2. The van der Waals surface area contributed by atoms with Gasteiger partial charge in [-0.1, -0.05) is 30.3 Å². The molecule has 3 aromatic rings. The maximum Gasteiger partial charge on any atom is 1.00 e. The van der Waals surface area contributed by atoms with Crippen LogP contribution in [0, 0.1) is 0 Å². The normalized spacial score (nSPS) is 13.0. The zero-order chi connectivity index (χ0) is 27.3. The Hall–Kier alpha value is -1.63. The van der Waals surface area contributed by atoms with Gasteiger partial charge in [0, 0.05) is 16.8 Å². The van der Waals surface area contributed by atoms with Crippen LogP contribution in [0.2, 0.25) is 0 Å². The molecule has 0 radical (unpaired) electrons. The predicted octanol–water partition coefficient (Wildman–Crippen LogP) is -4.98. The van der Waals surface area contributed by atoms with E-state index in [4.69, 9.17) is 5.73 Å². The molecule has 3 N–H and O–H groups in total. The fourth-order valence-electron chi connectivity index (χ4n) is 3.85. The molecule has 1 aliphatic carbocycles. The molecule has 0 amide bonds. The maximum absolute atomic E-state index is 13.3. The number of benzene rings is 3. The van der Waals surface area contributed by atoms with Gasteiger partial charge in [-0.25, -0.2) is 25.3 Å². The average Bonchev–Trinajstić information content (AvgIpc) is 2.81. The number of nitrogen functional groups attached to an aromatic ring is 1. The largest absolute Gasteiger partial charge is 1.00 e. The molecule has 1 aliphatic rings. The van der Waals surface area contributed by atoms with Crippen molar-refractivity contribution in [2.75, 3.05) is 22.6 Å². The monoisotopic (exact) mass is 610 g/mol. The summed E-state index contributed by atoms with van der Waals surface area (Å²) in [6.45, 7) is 0. The molecule has 12 nitrogen and oxygen atoms in total. The van der Waals surface area contributed by atoms with Gasteiger partial charge < -0.3 is 20.2 Å². The number of sulfone groups is 1. The second-order valence-electron chi connectivity index (χ2n) is 7.98. The van der Waals surface area contributed by atoms with E-state index in [9.17, 15) is 43.9 Å². The van der Waals surface area contributed by atoms with Crippen LogP contribution in [0.25, 0.3) is 0 Å². The van der Waals surface area contributed by atoms with E-state index in [0.717, 1.165) is 18.2 Å². The van der Waals surface area contributed by atoms with Crippen LogP contribution in [-0.4, -0.2) is 57.4 Å². The van der Waals surface area contributed by atoms with Gasteiger partial charge in [-0.15, -0.1) is 0 Å². The first kappa shape index (κ1) is 33.6. The number of hydrogen-bond donors (Lipinski definition) is 2. The summed E-state index contributed by atoms with van der Waals surface area (Å²) in [4.78, 5) is 25.2. The zero-order valence-corrected chi connectivity index (χ0v) is 26.9. The molecular weight excluding hydrogens is 594 g/mol. The summed E-state index contributed by atoms with van der Waals surface area (Å²) in [5, 5.41) is 2.66. The summed E-state index contributed by atoms with van der Waals surface area (Å²) in [7, 11) is -14.2. The van der Waals surface area contributed by atoms with Crippen molar-refractivity contribution in [3.63, 3.8) is 0 Å². The number of rotatable bonds is 7. The molecule has 0 bridgehead atoms. The van der Waals surface area contributed by atoms with E-state index < -0.39 is 69.3 Å². The molecule has 0 aliphatic heterocycles. The van der Waals surface area contributed by atoms with Crippen molar-refractivity contribution in [3.8, 4) is 0 Å². The molecule has 17 heteroatoms. The Morgan fingerprint density at radius 2 is 1.31 bits per heavy atom. The van der Waals surface area contributed by atoms with Gasteiger partial charge in [0.05, 0.1) is 53.9 Å². The molecule has 0 saturated heterocycles. The third-order valence-corrected chi connectivity index (χ3v) is 9.10. The number of carbonyl (C=O) groups excluding carboxylic acids is 2. The Morgan fingerprint density at radius 1 is 0.744 bits per heavy atom. The first-order chi connectivity index (χ1) is 17.1. The van der Waals surface area contributed by atoms with E-state index >= 15 is 0 Å². The smallest absolute Gasteiger partial charge is 0.748 e. The van der Waals surface area contributed by atoms with Crippen molar-refractivity contribution in [1.82, 2.24) is 0 Å². The summed E-state index contributed by atoms with van der Waals surface area (Å²) in [5.41, 5.74) is 4.01. The maximum atomic E-state index is 13.3. The van der Waals surface area contributed by atoms with Crippen molar-refractivity contribution in [1.29, 1.82) is 0 Å². The van der Waals surface area contributed by atoms with Gasteiger partial charge in [-0.3, -0.25) is 9.59 Å². The van der Waals surface area contributed by atoms with Crippen LogP contribution < -0.4 is 70.2 Å². The summed E-state index contributed by atoms with van der Waals surface area (Å²) >= 11 is 0. The molecule has 194 valence electrons. The third kappa shape index (κ3) is 7.00. The third-order valence-electron chi connectivity index (χ3n) is 5.54. The van der Waals surface area contributed by atoms with E-state index in [-0.39, 0.29) is 92.1 Å². The molecule has 0 aromatic heterocycles. The first-order valence-corrected chi connectivity index (χ1v) is 14.9. The van der Waals surface area contributed by atoms with Crippen LogP contribution in [0.5, 0.6) is 0 Å². The van der Waals surface area contributed by atoms with Crippen LogP contribution in [-0.2, 0) is 30.1 Å². The van der Waals surface area contributed by atoms with Crippen LogP contribution in [0.1, 0.15) is 31.8 Å². The molecular formula is C22H16N2Na2O10S3. The fraction of sp³-hybridized carbons (Fsp3) is 0.0909. The Bertz CT molecular complexity index is 1820. The first-order valence-electron chi connectivity index (χ1n) is 10.2. The second kappa shape index (κ2) is 12.1. The predicted molar refractivity (Wildman–Crippen MR) is 128 cm³/mol. The molecule has 0 atom stereocenters. The quantitative estimate of drug-likeness (QED) is 0.114. The van der Waals surface area contributed by atoms with E-state index in [2.05, 4.69) is 5.32 Å². The molecule has 0 unspecified atom stereocenters. The van der Waals surface area contributed by atoms with Gasteiger partial charge in [0.2, 0.25) is 0 Å². The molecule has 0 heterocycles. The van der Waals surface area contributed by atoms with Crippen molar-refractivity contribution in [2.24, 2.45) is 0 Å². The van der Waals surface area contributed by atoms with E-state index in [1.165, 1.54) is 36.4 Å². The van der Waals surface area contributed by atoms with Gasteiger partial charge in [0.1, 0.15) is 10.1 Å². The average molecular weight is 611 g/mol. The summed E-state index contributed by atoms with van der Waals surface area (Å²) in [5.74, 6) is -3.62. The fourth-order valence-corrected chi connectivity index (χ4v) is 7.01. The molecule has 3 aromatic carbocycles. The molecule has 0 fully saturated rings. The van der Waals surface area contributed by atoms with Crippen molar-refractivity contribution < 1.29 is 103 Å². The number of fused-ring (bicyclic) bond motifs is 2. The van der Waals surface area contributed by atoms with Gasteiger partial charge in [-0.2, -0.15) is 0 Å².